The number of thiophene rings is 1. The molecule has 2 aromatic rings. The van der Waals surface area contributed by atoms with Gasteiger partial charge >= 0.3 is 0 Å². The van der Waals surface area contributed by atoms with Crippen LogP contribution < -0.4 is 0 Å². The van der Waals surface area contributed by atoms with E-state index in [-0.39, 0.29) is 0 Å². The van der Waals surface area contributed by atoms with Crippen LogP contribution in [0.1, 0.15) is 21.5 Å². The zero-order chi connectivity index (χ0) is 11.5. The highest BCUT2D eigenvalue weighted by atomic mass is 79.9. The Balaban J connectivity index is 2.17. The van der Waals surface area contributed by atoms with Gasteiger partial charge in [-0.2, -0.15) is 11.3 Å². The van der Waals surface area contributed by atoms with E-state index in [4.69, 9.17) is 0 Å². The van der Waals surface area contributed by atoms with Gasteiger partial charge in [0.25, 0.3) is 0 Å². The summed E-state index contributed by atoms with van der Waals surface area (Å²) >= 11 is 9.02. The number of benzene rings is 1. The van der Waals surface area contributed by atoms with Gasteiger partial charge in [0.15, 0.2) is 0 Å². The average molecular weight is 360 g/mol. The summed E-state index contributed by atoms with van der Waals surface area (Å²) in [5.41, 5.74) is 4.09. The summed E-state index contributed by atoms with van der Waals surface area (Å²) in [6, 6.07) is 8.64. The van der Waals surface area contributed by atoms with Crippen LogP contribution >= 0.6 is 43.2 Å². The summed E-state index contributed by atoms with van der Waals surface area (Å²) in [4.78, 5) is 0.398. The Morgan fingerprint density at radius 2 is 2.12 bits per heavy atom. The van der Waals surface area contributed by atoms with Gasteiger partial charge in [-0.15, -0.1) is 0 Å². The molecule has 0 aliphatic rings. The molecule has 0 aliphatic heterocycles. The van der Waals surface area contributed by atoms with Gasteiger partial charge in [-0.25, -0.2) is 0 Å². The lowest BCUT2D eigenvalue weighted by molar-refractivity contribution is 0.942. The molecular weight excluding hydrogens is 348 g/mol. The van der Waals surface area contributed by atoms with Gasteiger partial charge < -0.3 is 0 Å². The molecule has 84 valence electrons. The minimum Gasteiger partial charge on any atom is -0.152 e. The van der Waals surface area contributed by atoms with E-state index >= 15 is 0 Å². The van der Waals surface area contributed by atoms with Crippen molar-refractivity contribution in [2.24, 2.45) is 0 Å². The quantitative estimate of drug-likeness (QED) is 0.635. The first kappa shape index (κ1) is 12.3. The maximum atomic E-state index is 3.77. The molecule has 0 fully saturated rings. The predicted molar refractivity (Wildman–Crippen MR) is 78.6 cm³/mol. The Hall–Kier alpha value is -0.120. The first-order valence-electron chi connectivity index (χ1n) is 5.08. The van der Waals surface area contributed by atoms with Gasteiger partial charge in [0, 0.05) is 9.30 Å². The van der Waals surface area contributed by atoms with Gasteiger partial charge in [-0.05, 0) is 59.0 Å². The van der Waals surface area contributed by atoms with E-state index in [0.29, 0.717) is 4.83 Å². The van der Waals surface area contributed by atoms with Crippen LogP contribution in [-0.4, -0.2) is 0 Å². The first-order valence-corrected chi connectivity index (χ1v) is 7.73. The fraction of sp³-hybridized carbons (Fsp3) is 0.231. The van der Waals surface area contributed by atoms with Crippen molar-refractivity contribution in [1.29, 1.82) is 0 Å². The van der Waals surface area contributed by atoms with Crippen molar-refractivity contribution in [2.45, 2.75) is 18.2 Å². The van der Waals surface area contributed by atoms with E-state index in [1.54, 1.807) is 11.3 Å². The maximum Gasteiger partial charge on any atom is 0.0438 e. The van der Waals surface area contributed by atoms with Gasteiger partial charge in [-0.1, -0.05) is 37.9 Å². The first-order chi connectivity index (χ1) is 7.66. The molecule has 0 saturated heterocycles. The molecule has 1 atom stereocenters. The molecule has 0 N–H and O–H groups in total. The van der Waals surface area contributed by atoms with Gasteiger partial charge in [-0.3, -0.25) is 0 Å². The summed E-state index contributed by atoms with van der Waals surface area (Å²) in [7, 11) is 0. The molecule has 0 amide bonds. The Kier molecular flexibility index (Phi) is 4.22. The Bertz CT molecular complexity index is 463. The number of rotatable bonds is 3. The second kappa shape index (κ2) is 5.48. The van der Waals surface area contributed by atoms with Crippen LogP contribution in [0, 0.1) is 6.92 Å². The smallest absolute Gasteiger partial charge is 0.0438 e. The third-order valence-corrected chi connectivity index (χ3v) is 4.61. The molecule has 1 unspecified atom stereocenters. The molecule has 0 bridgehead atoms. The molecule has 2 rings (SSSR count). The molecule has 0 radical (unpaired) electrons. The van der Waals surface area contributed by atoms with E-state index in [1.165, 1.54) is 16.7 Å². The predicted octanol–water partition coefficient (Wildman–Crippen LogP) is 5.50. The van der Waals surface area contributed by atoms with Crippen molar-refractivity contribution >= 4 is 43.2 Å². The highest BCUT2D eigenvalue weighted by Gasteiger charge is 2.11. The van der Waals surface area contributed by atoms with Crippen LogP contribution in [0.4, 0.5) is 0 Å². The van der Waals surface area contributed by atoms with Crippen molar-refractivity contribution < 1.29 is 0 Å². The van der Waals surface area contributed by atoms with Crippen molar-refractivity contribution in [2.75, 3.05) is 0 Å². The van der Waals surface area contributed by atoms with Crippen molar-refractivity contribution in [3.8, 4) is 0 Å². The van der Waals surface area contributed by atoms with E-state index in [0.717, 1.165) is 10.9 Å². The second-order valence-electron chi connectivity index (χ2n) is 3.80. The Morgan fingerprint density at radius 1 is 1.31 bits per heavy atom. The largest absolute Gasteiger partial charge is 0.152 e. The van der Waals surface area contributed by atoms with Crippen LogP contribution in [0.5, 0.6) is 0 Å². The third kappa shape index (κ3) is 2.96. The zero-order valence-corrected chi connectivity index (χ0v) is 12.9. The standard InChI is InChI=1S/C13H12Br2S/c1-9-6-11(14)2-3-12(9)13(15)7-10-4-5-16-8-10/h2-6,8,13H,7H2,1H3. The van der Waals surface area contributed by atoms with E-state index in [9.17, 15) is 0 Å². The van der Waals surface area contributed by atoms with E-state index < -0.39 is 0 Å². The lowest BCUT2D eigenvalue weighted by Gasteiger charge is -2.12. The Labute approximate surface area is 117 Å². The zero-order valence-electron chi connectivity index (χ0n) is 8.91. The summed E-state index contributed by atoms with van der Waals surface area (Å²) in [6.45, 7) is 2.15. The highest BCUT2D eigenvalue weighted by Crippen LogP contribution is 2.31. The summed E-state index contributed by atoms with van der Waals surface area (Å²) in [5, 5.41) is 4.34. The summed E-state index contributed by atoms with van der Waals surface area (Å²) in [6.07, 6.45) is 1.05. The minimum absolute atomic E-state index is 0.398. The molecular formula is C13H12Br2S. The molecule has 1 aromatic carbocycles. The number of aryl methyl sites for hydroxylation is 1. The van der Waals surface area contributed by atoms with Gasteiger partial charge in [0.1, 0.15) is 0 Å². The SMILES string of the molecule is Cc1cc(Br)ccc1C(Br)Cc1ccsc1. The third-order valence-electron chi connectivity index (χ3n) is 2.56. The van der Waals surface area contributed by atoms with Crippen LogP contribution in [0.25, 0.3) is 0 Å². The maximum absolute atomic E-state index is 3.77. The van der Waals surface area contributed by atoms with Crippen molar-refractivity contribution in [1.82, 2.24) is 0 Å². The summed E-state index contributed by atoms with van der Waals surface area (Å²) < 4.78 is 1.14. The molecule has 1 aromatic heterocycles. The van der Waals surface area contributed by atoms with E-state index in [2.05, 4.69) is 73.8 Å². The molecule has 0 aliphatic carbocycles. The van der Waals surface area contributed by atoms with Crippen LogP contribution in [-0.2, 0) is 6.42 Å². The van der Waals surface area contributed by atoms with Crippen LogP contribution in [0.15, 0.2) is 39.5 Å². The fourth-order valence-electron chi connectivity index (χ4n) is 1.72. The summed E-state index contributed by atoms with van der Waals surface area (Å²) in [5.74, 6) is 0. The number of hydrogen-bond acceptors (Lipinski definition) is 1. The van der Waals surface area contributed by atoms with Gasteiger partial charge in [0.05, 0.1) is 0 Å². The molecule has 0 spiro atoms. The lowest BCUT2D eigenvalue weighted by atomic mass is 10.0. The van der Waals surface area contributed by atoms with Crippen LogP contribution in [0.3, 0.4) is 0 Å². The molecule has 0 saturated carbocycles. The van der Waals surface area contributed by atoms with Gasteiger partial charge in [0.2, 0.25) is 0 Å². The molecule has 1 heterocycles. The minimum atomic E-state index is 0.398. The number of alkyl halides is 1. The fourth-order valence-corrected chi connectivity index (χ4v) is 3.76. The van der Waals surface area contributed by atoms with Crippen molar-refractivity contribution in [3.63, 3.8) is 0 Å². The van der Waals surface area contributed by atoms with Crippen molar-refractivity contribution in [3.05, 3.63) is 56.2 Å². The normalized spacial score (nSPS) is 12.7. The van der Waals surface area contributed by atoms with E-state index in [1.807, 2.05) is 0 Å². The number of hydrogen-bond donors (Lipinski definition) is 0. The molecule has 16 heavy (non-hydrogen) atoms. The monoisotopic (exact) mass is 358 g/mol. The highest BCUT2D eigenvalue weighted by molar-refractivity contribution is 9.10. The van der Waals surface area contributed by atoms with Crippen LogP contribution in [0.2, 0.25) is 0 Å². The number of halogens is 2. The second-order valence-corrected chi connectivity index (χ2v) is 6.61. The topological polar surface area (TPSA) is 0 Å². The average Bonchev–Trinajstić information content (AvgIpc) is 2.70. The lowest BCUT2D eigenvalue weighted by Crippen LogP contribution is -1.97. The molecule has 0 nitrogen and oxygen atoms in total. The Morgan fingerprint density at radius 3 is 2.75 bits per heavy atom. The molecule has 3 heteroatoms.